The van der Waals surface area contributed by atoms with Gasteiger partial charge in [-0.1, -0.05) is 95.4 Å². The SMILES string of the molecule is CCC(CC)C(=O)/C=C(\O)C(CC)CC.Cc1sc2cccc3c2c1-c1ccnc(-c2[c-]c4ccccc4c(C(C)(C)C)c2)c1S3.[Ir]. The second kappa shape index (κ2) is 15.6. The van der Waals surface area contributed by atoms with Crippen LogP contribution in [0.5, 0.6) is 0 Å². The molecule has 0 unspecified atom stereocenters. The second-order valence-corrected chi connectivity index (χ2v) is 15.5. The van der Waals surface area contributed by atoms with E-state index in [-0.39, 0.29) is 48.9 Å². The Morgan fingerprint density at radius 2 is 1.64 bits per heavy atom. The minimum atomic E-state index is 0. The van der Waals surface area contributed by atoms with E-state index in [2.05, 4.69) is 88.4 Å². The van der Waals surface area contributed by atoms with E-state index in [1.54, 1.807) is 0 Å². The summed E-state index contributed by atoms with van der Waals surface area (Å²) in [6.45, 7) is 17.2. The van der Waals surface area contributed by atoms with Gasteiger partial charge in [0, 0.05) is 80.2 Å². The number of aliphatic hydroxyl groups is 1. The van der Waals surface area contributed by atoms with E-state index in [0.717, 1.165) is 42.3 Å². The monoisotopic (exact) mass is 841 g/mol. The Hall–Kier alpha value is -2.76. The number of nitrogens with zero attached hydrogens (tertiary/aromatic N) is 1. The summed E-state index contributed by atoms with van der Waals surface area (Å²) in [5.41, 5.74) is 6.17. The van der Waals surface area contributed by atoms with Crippen molar-refractivity contribution in [3.05, 3.63) is 89.1 Å². The van der Waals surface area contributed by atoms with Crippen LogP contribution in [0.1, 0.15) is 84.6 Å². The summed E-state index contributed by atoms with van der Waals surface area (Å²) in [5, 5.41) is 13.6. The largest absolute Gasteiger partial charge is 0.512 e. The van der Waals surface area contributed by atoms with E-state index in [9.17, 15) is 9.90 Å². The van der Waals surface area contributed by atoms with Crippen LogP contribution in [0.25, 0.3) is 43.2 Å². The molecule has 249 valence electrons. The smallest absolute Gasteiger partial charge is 0.162 e. The van der Waals surface area contributed by atoms with E-state index in [4.69, 9.17) is 4.98 Å². The third-order valence-electron chi connectivity index (χ3n) is 9.16. The molecule has 3 heterocycles. The van der Waals surface area contributed by atoms with E-state index in [0.29, 0.717) is 0 Å². The van der Waals surface area contributed by atoms with Crippen LogP contribution in [-0.2, 0) is 30.3 Å². The molecular formula is C41H46IrNO2S2-. The summed E-state index contributed by atoms with van der Waals surface area (Å²) in [7, 11) is 0. The topological polar surface area (TPSA) is 50.2 Å². The molecule has 6 rings (SSSR count). The number of rotatable bonds is 8. The molecule has 1 aliphatic rings. The van der Waals surface area contributed by atoms with E-state index in [1.807, 2.05) is 57.0 Å². The van der Waals surface area contributed by atoms with Gasteiger partial charge in [0.2, 0.25) is 0 Å². The molecule has 1 radical (unpaired) electrons. The summed E-state index contributed by atoms with van der Waals surface area (Å²) in [5.74, 6) is 0.547. The molecule has 0 aliphatic carbocycles. The van der Waals surface area contributed by atoms with Crippen molar-refractivity contribution in [2.24, 2.45) is 11.8 Å². The predicted molar refractivity (Wildman–Crippen MR) is 198 cm³/mol. The molecule has 0 amide bonds. The first kappa shape index (κ1) is 37.1. The van der Waals surface area contributed by atoms with Crippen LogP contribution in [0.2, 0.25) is 0 Å². The number of ketones is 1. The zero-order chi connectivity index (χ0) is 33.2. The Kier molecular flexibility index (Phi) is 12.3. The number of thiophene rings is 1. The van der Waals surface area contributed by atoms with Crippen LogP contribution in [0.15, 0.2) is 82.4 Å². The molecule has 2 aromatic heterocycles. The summed E-state index contributed by atoms with van der Waals surface area (Å²) >= 11 is 3.74. The molecule has 5 aromatic rings. The van der Waals surface area contributed by atoms with E-state index < -0.39 is 0 Å². The van der Waals surface area contributed by atoms with Crippen LogP contribution in [0.4, 0.5) is 0 Å². The Morgan fingerprint density at radius 3 is 2.30 bits per heavy atom. The molecule has 1 N–H and O–H groups in total. The Balaban J connectivity index is 0.000000269. The van der Waals surface area contributed by atoms with Gasteiger partial charge in [-0.15, -0.1) is 40.5 Å². The molecule has 0 fully saturated rings. The Labute approximate surface area is 302 Å². The third-order valence-corrected chi connectivity index (χ3v) is 11.4. The van der Waals surface area contributed by atoms with Gasteiger partial charge in [-0.3, -0.25) is 9.78 Å². The number of carbonyl (C=O) groups is 1. The average molecular weight is 841 g/mol. The molecule has 0 spiro atoms. The number of aliphatic hydroxyl groups excluding tert-OH is 1. The fourth-order valence-electron chi connectivity index (χ4n) is 6.45. The molecule has 0 bridgehead atoms. The van der Waals surface area contributed by atoms with Crippen LogP contribution >= 0.6 is 23.1 Å². The molecule has 6 heteroatoms. The van der Waals surface area contributed by atoms with Gasteiger partial charge in [0.15, 0.2) is 5.78 Å². The summed E-state index contributed by atoms with van der Waals surface area (Å²) in [4.78, 5) is 20.6. The van der Waals surface area contributed by atoms with Crippen LogP contribution in [0.3, 0.4) is 0 Å². The van der Waals surface area contributed by atoms with Crippen molar-refractivity contribution < 1.29 is 30.0 Å². The molecular weight excluding hydrogens is 795 g/mol. The average Bonchev–Trinajstić information content (AvgIpc) is 3.38. The minimum absolute atomic E-state index is 0. The number of fused-ring (bicyclic) bond motifs is 3. The van der Waals surface area contributed by atoms with Crippen molar-refractivity contribution in [2.45, 2.75) is 96.3 Å². The van der Waals surface area contributed by atoms with Gasteiger partial charge in [0.05, 0.1) is 5.76 Å². The van der Waals surface area contributed by atoms with Gasteiger partial charge >= 0.3 is 0 Å². The predicted octanol–water partition coefficient (Wildman–Crippen LogP) is 12.5. The summed E-state index contributed by atoms with van der Waals surface area (Å²) in [6, 6.07) is 23.4. The molecule has 0 saturated carbocycles. The van der Waals surface area contributed by atoms with Crippen molar-refractivity contribution in [2.75, 3.05) is 0 Å². The first-order valence-corrected chi connectivity index (χ1v) is 18.2. The third kappa shape index (κ3) is 7.62. The number of aryl methyl sites for hydroxylation is 1. The molecule has 0 atom stereocenters. The maximum atomic E-state index is 11.7. The fourth-order valence-corrected chi connectivity index (χ4v) is 8.84. The number of benzene rings is 3. The van der Waals surface area contributed by atoms with Gasteiger partial charge in [0.1, 0.15) is 0 Å². The van der Waals surface area contributed by atoms with Gasteiger partial charge in [-0.05, 0) is 61.8 Å². The van der Waals surface area contributed by atoms with Crippen molar-refractivity contribution in [3.63, 3.8) is 0 Å². The first-order valence-electron chi connectivity index (χ1n) is 16.6. The molecule has 3 aromatic carbocycles. The maximum absolute atomic E-state index is 11.7. The number of hydrogen-bond acceptors (Lipinski definition) is 5. The molecule has 47 heavy (non-hydrogen) atoms. The van der Waals surface area contributed by atoms with Crippen LogP contribution < -0.4 is 0 Å². The Morgan fingerprint density at radius 1 is 0.957 bits per heavy atom. The number of hydrogen-bond donors (Lipinski definition) is 1. The second-order valence-electron chi connectivity index (χ2n) is 13.2. The first-order chi connectivity index (χ1) is 22.0. The van der Waals surface area contributed by atoms with E-state index in [1.165, 1.54) is 52.9 Å². The van der Waals surface area contributed by atoms with Gasteiger partial charge < -0.3 is 5.11 Å². The van der Waals surface area contributed by atoms with E-state index >= 15 is 0 Å². The maximum Gasteiger partial charge on any atom is 0.162 e. The standard InChI is InChI=1S/C28H22NS2.C13H24O2.Ir/c1-16-24-20-12-13-29-26(27(20)31-23-11-7-10-22(30-16)25(23)24)18-14-17-8-5-6-9-19(17)21(15-18)28(2,3)4;1-5-10(6-2)12(14)9-13(15)11(7-3)8-4;/h5-13,15H,1-4H3;9-11,14H,5-8H2,1-4H3;/q-1;;/b;12-9-;. The van der Waals surface area contributed by atoms with Crippen LogP contribution in [0, 0.1) is 24.8 Å². The summed E-state index contributed by atoms with van der Waals surface area (Å²) < 4.78 is 1.37. The molecule has 1 aliphatic heterocycles. The van der Waals surface area contributed by atoms with Crippen molar-refractivity contribution >= 4 is 49.7 Å². The quantitative estimate of drug-likeness (QED) is 0.0942. The number of aromatic nitrogens is 1. The van der Waals surface area contributed by atoms with Crippen molar-refractivity contribution in [3.8, 4) is 22.4 Å². The fraction of sp³-hybridized carbons (Fsp3) is 0.366. The number of allylic oxidation sites excluding steroid dienone is 2. The molecule has 3 nitrogen and oxygen atoms in total. The minimum Gasteiger partial charge on any atom is -0.512 e. The Bertz CT molecular complexity index is 1910. The molecule has 0 saturated heterocycles. The van der Waals surface area contributed by atoms with Gasteiger partial charge in [-0.2, -0.15) is 0 Å². The zero-order valence-electron chi connectivity index (χ0n) is 28.8. The van der Waals surface area contributed by atoms with Crippen LogP contribution in [-0.4, -0.2) is 15.9 Å². The van der Waals surface area contributed by atoms with Gasteiger partial charge in [-0.25, -0.2) is 0 Å². The normalized spacial score (nSPS) is 12.6. The number of carbonyl (C=O) groups excluding carboxylic acids is 1. The summed E-state index contributed by atoms with van der Waals surface area (Å²) in [6.07, 6.45) is 6.87. The zero-order valence-corrected chi connectivity index (χ0v) is 32.8. The number of pyridine rings is 1. The van der Waals surface area contributed by atoms with Crippen molar-refractivity contribution in [1.29, 1.82) is 0 Å². The van der Waals surface area contributed by atoms with Gasteiger partial charge in [0.25, 0.3) is 0 Å². The van der Waals surface area contributed by atoms with Crippen molar-refractivity contribution in [1.82, 2.24) is 4.98 Å².